The van der Waals surface area contributed by atoms with Crippen LogP contribution in [0.4, 0.5) is 0 Å². The van der Waals surface area contributed by atoms with Crippen LogP contribution in [0.3, 0.4) is 0 Å². The van der Waals surface area contributed by atoms with Crippen LogP contribution in [-0.4, -0.2) is 104 Å². The van der Waals surface area contributed by atoms with Crippen LogP contribution in [0.15, 0.2) is 0 Å². The first kappa shape index (κ1) is 16.8. The second kappa shape index (κ2) is 13.4. The molecule has 0 radical (unpaired) electrons. The molecule has 0 aromatic rings. The van der Waals surface area contributed by atoms with Crippen molar-refractivity contribution in [1.82, 2.24) is 0 Å². The van der Waals surface area contributed by atoms with Crippen LogP contribution in [0, 0.1) is 0 Å². The van der Waals surface area contributed by atoms with Gasteiger partial charge in [0.15, 0.2) is 6.29 Å². The minimum atomic E-state index is -0.533. The van der Waals surface area contributed by atoms with Gasteiger partial charge in [0.25, 0.3) is 0 Å². The predicted octanol–water partition coefficient (Wildman–Crippen LogP) is -2.20. The summed E-state index contributed by atoms with van der Waals surface area (Å²) < 4.78 is 9.98. The van der Waals surface area contributed by atoms with Gasteiger partial charge in [-0.25, -0.2) is 0 Å². The second-order valence-electron chi connectivity index (χ2n) is 2.13. The van der Waals surface area contributed by atoms with Crippen LogP contribution in [0.5, 0.6) is 0 Å². The third-order valence-corrected chi connectivity index (χ3v) is 1.15. The first-order valence-corrected chi connectivity index (χ1v) is 3.91. The van der Waals surface area contributed by atoms with Crippen LogP contribution in [0.2, 0.25) is 0 Å². The molecular formula is C7H18BaO5. The van der Waals surface area contributed by atoms with E-state index in [2.05, 4.69) is 0 Å². The van der Waals surface area contributed by atoms with E-state index in [1.807, 2.05) is 0 Å². The Morgan fingerprint density at radius 1 is 0.846 bits per heavy atom. The average Bonchev–Trinajstić information content (AvgIpc) is 2.10. The average molecular weight is 320 g/mol. The summed E-state index contributed by atoms with van der Waals surface area (Å²) in [5.41, 5.74) is 0. The molecular weight excluding hydrogens is 301 g/mol. The molecule has 0 amide bonds. The Morgan fingerprint density at radius 3 is 1.62 bits per heavy atom. The van der Waals surface area contributed by atoms with Crippen molar-refractivity contribution in [1.29, 1.82) is 0 Å². The van der Waals surface area contributed by atoms with Crippen LogP contribution in [0.25, 0.3) is 0 Å². The van der Waals surface area contributed by atoms with Crippen LogP contribution < -0.4 is 0 Å². The van der Waals surface area contributed by atoms with Gasteiger partial charge in [-0.2, -0.15) is 0 Å². The molecule has 78 valence electrons. The van der Waals surface area contributed by atoms with Gasteiger partial charge < -0.3 is 24.8 Å². The maximum absolute atomic E-state index is 8.55. The summed E-state index contributed by atoms with van der Waals surface area (Å²) in [6.07, 6.45) is -0.186. The SMILES string of the molecule is OCCOC(CCO)OCCO.[BaH2]. The summed E-state index contributed by atoms with van der Waals surface area (Å²) in [6, 6.07) is 0. The van der Waals surface area contributed by atoms with Gasteiger partial charge in [0.2, 0.25) is 0 Å². The molecule has 6 heteroatoms. The van der Waals surface area contributed by atoms with E-state index in [1.54, 1.807) is 0 Å². The first-order valence-electron chi connectivity index (χ1n) is 3.91. The molecule has 0 spiro atoms. The van der Waals surface area contributed by atoms with Crippen molar-refractivity contribution in [2.45, 2.75) is 12.7 Å². The number of rotatable bonds is 8. The van der Waals surface area contributed by atoms with Crippen LogP contribution in [0.1, 0.15) is 6.42 Å². The summed E-state index contributed by atoms with van der Waals surface area (Å²) in [7, 11) is 0. The minimum absolute atomic E-state index is 0. The summed E-state index contributed by atoms with van der Waals surface area (Å²) in [5, 5.41) is 25.4. The molecule has 0 heterocycles. The topological polar surface area (TPSA) is 79.2 Å². The Hall–Kier alpha value is 1.37. The van der Waals surface area contributed by atoms with E-state index < -0.39 is 6.29 Å². The van der Waals surface area contributed by atoms with E-state index in [1.165, 1.54) is 0 Å². The van der Waals surface area contributed by atoms with E-state index in [-0.39, 0.29) is 81.9 Å². The molecule has 0 aliphatic carbocycles. The Bertz CT molecular complexity index is 85.0. The molecule has 0 aliphatic heterocycles. The van der Waals surface area contributed by atoms with Crippen molar-refractivity contribution in [2.75, 3.05) is 33.0 Å². The van der Waals surface area contributed by atoms with Gasteiger partial charge in [-0.05, 0) is 0 Å². The Balaban J connectivity index is 0. The van der Waals surface area contributed by atoms with Crippen molar-refractivity contribution in [3.05, 3.63) is 0 Å². The van der Waals surface area contributed by atoms with Crippen molar-refractivity contribution < 1.29 is 24.8 Å². The van der Waals surface area contributed by atoms with Crippen molar-refractivity contribution in [2.24, 2.45) is 0 Å². The number of hydrogen-bond acceptors (Lipinski definition) is 5. The Kier molecular flexibility index (Phi) is 17.3. The predicted molar refractivity (Wildman–Crippen MR) is 50.1 cm³/mol. The molecule has 0 rings (SSSR count). The summed E-state index contributed by atoms with van der Waals surface area (Å²) in [5.74, 6) is 0. The number of aliphatic hydroxyl groups is 3. The molecule has 0 unspecified atom stereocenters. The molecule has 0 aromatic heterocycles. The van der Waals surface area contributed by atoms with Gasteiger partial charge in [0.05, 0.1) is 26.4 Å². The Labute approximate surface area is 118 Å². The van der Waals surface area contributed by atoms with E-state index in [9.17, 15) is 0 Å². The second-order valence-corrected chi connectivity index (χ2v) is 2.13. The van der Waals surface area contributed by atoms with E-state index >= 15 is 0 Å². The quantitative estimate of drug-likeness (QED) is 0.349. The van der Waals surface area contributed by atoms with Crippen molar-refractivity contribution in [3.8, 4) is 0 Å². The summed E-state index contributed by atoms with van der Waals surface area (Å²) in [6.45, 7) is 0.155. The summed E-state index contributed by atoms with van der Waals surface area (Å²) in [4.78, 5) is 0. The molecule has 0 fully saturated rings. The molecule has 3 N–H and O–H groups in total. The molecule has 13 heavy (non-hydrogen) atoms. The van der Waals surface area contributed by atoms with Gasteiger partial charge in [0.1, 0.15) is 0 Å². The van der Waals surface area contributed by atoms with E-state index in [0.717, 1.165) is 0 Å². The van der Waals surface area contributed by atoms with E-state index in [4.69, 9.17) is 24.8 Å². The first-order chi connectivity index (χ1) is 5.85. The van der Waals surface area contributed by atoms with E-state index in [0.29, 0.717) is 6.42 Å². The fourth-order valence-electron chi connectivity index (χ4n) is 0.688. The fourth-order valence-corrected chi connectivity index (χ4v) is 0.688. The van der Waals surface area contributed by atoms with Crippen LogP contribution in [-0.2, 0) is 9.47 Å². The normalized spacial score (nSPS) is 10.2. The Morgan fingerprint density at radius 2 is 1.31 bits per heavy atom. The zero-order valence-corrected chi connectivity index (χ0v) is 6.98. The molecule has 0 atom stereocenters. The van der Waals surface area contributed by atoms with Gasteiger partial charge in [-0.1, -0.05) is 0 Å². The molecule has 0 aliphatic rings. The zero-order chi connectivity index (χ0) is 9.23. The number of ether oxygens (including phenoxy) is 2. The van der Waals surface area contributed by atoms with Crippen molar-refractivity contribution >= 4 is 48.9 Å². The third kappa shape index (κ3) is 11.3. The van der Waals surface area contributed by atoms with Gasteiger partial charge >= 0.3 is 48.9 Å². The van der Waals surface area contributed by atoms with Crippen molar-refractivity contribution in [3.63, 3.8) is 0 Å². The molecule has 0 bridgehead atoms. The summed E-state index contributed by atoms with van der Waals surface area (Å²) >= 11 is 0. The monoisotopic (exact) mass is 320 g/mol. The molecule has 5 nitrogen and oxygen atoms in total. The maximum atomic E-state index is 8.55. The van der Waals surface area contributed by atoms with Gasteiger partial charge in [-0.3, -0.25) is 0 Å². The van der Waals surface area contributed by atoms with Crippen LogP contribution >= 0.6 is 0 Å². The zero-order valence-electron chi connectivity index (χ0n) is 6.98. The third-order valence-electron chi connectivity index (χ3n) is 1.15. The fraction of sp³-hybridized carbons (Fsp3) is 1.00. The molecule has 0 saturated carbocycles. The molecule has 0 saturated heterocycles. The van der Waals surface area contributed by atoms with Gasteiger partial charge in [-0.15, -0.1) is 0 Å². The van der Waals surface area contributed by atoms with Gasteiger partial charge in [0, 0.05) is 13.0 Å². The number of aliphatic hydroxyl groups excluding tert-OH is 3. The molecule has 0 aromatic carbocycles. The number of hydrogen-bond donors (Lipinski definition) is 3. The standard InChI is InChI=1S/C7H16O5.Ba.2H/c8-2-1-7(11-5-3-9)12-6-4-10;;;/h7-10H,1-6H2;;;.